The number of aromatic nitrogens is 1. The van der Waals surface area contributed by atoms with Crippen LogP contribution in [0.5, 0.6) is 0 Å². The first-order chi connectivity index (χ1) is 14.5. The summed E-state index contributed by atoms with van der Waals surface area (Å²) < 4.78 is 5.83. The number of aryl methyl sites for hydroxylation is 2. The zero-order valence-electron chi connectivity index (χ0n) is 19.0. The molecule has 1 N–H and O–H groups in total. The first-order valence-corrected chi connectivity index (χ1v) is 10.0. The Labute approximate surface area is 211 Å². The number of carbonyl (C=O) groups is 1. The Kier molecular flexibility index (Phi) is 18.5. The number of benzene rings is 2. The molecule has 3 aromatic rings. The number of carbonyl (C=O) groups excluding carboxylic acids is 1. The Morgan fingerprint density at radius 1 is 1.03 bits per heavy atom. The van der Waals surface area contributed by atoms with E-state index in [1.807, 2.05) is 89.2 Å². The number of aliphatic hydroxyl groups excluding tert-OH is 1. The van der Waals surface area contributed by atoms with Crippen molar-refractivity contribution in [1.29, 1.82) is 0 Å². The standard InChI is InChI=1S/C20H18NO2.2C2H6.CHO2.Y/c1-14-8-10-16(11-9-14)18(22)12-13-19-15(2)21-20(23-19)17-6-4-3-5-7-17;2*1-2;2-1-3;/h3-11H,1,12-13H2,2H3;2*1-2H3;(H,2,3);/q-1;;;-1;. The monoisotopic (exact) mass is 498 g/mol. The summed E-state index contributed by atoms with van der Waals surface area (Å²) in [4.78, 5) is 24.9. The van der Waals surface area contributed by atoms with E-state index in [9.17, 15) is 4.79 Å². The maximum absolute atomic E-state index is 12.2. The predicted octanol–water partition coefficient (Wildman–Crippen LogP) is 6.31. The summed E-state index contributed by atoms with van der Waals surface area (Å²) in [6, 6.07) is 17.1. The van der Waals surface area contributed by atoms with Gasteiger partial charge in [0.25, 0.3) is 0 Å². The van der Waals surface area contributed by atoms with Gasteiger partial charge < -0.3 is 14.3 Å². The molecular formula is C25H31NO4Y-2. The molecule has 0 aliphatic heterocycles. The molecule has 0 amide bonds. The minimum atomic E-state index is 0. The summed E-state index contributed by atoms with van der Waals surface area (Å²) in [5.41, 5.74) is 3.39. The van der Waals surface area contributed by atoms with Crippen LogP contribution in [-0.4, -0.2) is 22.3 Å². The Hall–Kier alpha value is -2.24. The second kappa shape index (κ2) is 18.5. The van der Waals surface area contributed by atoms with E-state index in [0.29, 0.717) is 30.8 Å². The average molecular weight is 498 g/mol. The molecule has 31 heavy (non-hydrogen) atoms. The van der Waals surface area contributed by atoms with Crippen LogP contribution in [-0.2, 0) is 43.9 Å². The van der Waals surface area contributed by atoms with Gasteiger partial charge in [-0.15, -0.1) is 12.1 Å². The predicted molar refractivity (Wildman–Crippen MR) is 121 cm³/mol. The van der Waals surface area contributed by atoms with Crippen LogP contribution in [0.3, 0.4) is 0 Å². The van der Waals surface area contributed by atoms with Crippen molar-refractivity contribution in [3.05, 3.63) is 84.1 Å². The third kappa shape index (κ3) is 11.1. The minimum absolute atomic E-state index is 0. The minimum Gasteiger partial charge on any atom is -0.665 e. The van der Waals surface area contributed by atoms with E-state index in [1.54, 1.807) is 0 Å². The fourth-order valence-corrected chi connectivity index (χ4v) is 2.43. The van der Waals surface area contributed by atoms with Gasteiger partial charge in [-0.1, -0.05) is 52.4 Å². The first-order valence-electron chi connectivity index (χ1n) is 10.0. The molecule has 0 saturated heterocycles. The van der Waals surface area contributed by atoms with Crippen molar-refractivity contribution >= 4 is 12.3 Å². The summed E-state index contributed by atoms with van der Waals surface area (Å²) in [6.45, 7) is 14.2. The van der Waals surface area contributed by atoms with Crippen LogP contribution in [0.15, 0.2) is 59.0 Å². The van der Waals surface area contributed by atoms with Gasteiger partial charge in [0.2, 0.25) is 5.89 Å². The van der Waals surface area contributed by atoms with Crippen LogP contribution in [0, 0.1) is 13.8 Å². The van der Waals surface area contributed by atoms with Crippen molar-refractivity contribution in [3.63, 3.8) is 0 Å². The zero-order valence-corrected chi connectivity index (χ0v) is 21.9. The molecule has 0 spiro atoms. The van der Waals surface area contributed by atoms with Gasteiger partial charge in [-0.25, -0.2) is 4.98 Å². The van der Waals surface area contributed by atoms with Gasteiger partial charge in [0.05, 0.1) is 5.69 Å². The fraction of sp³-hybridized carbons (Fsp3) is 0.280. The number of ketones is 1. The molecule has 1 radical (unpaired) electrons. The van der Waals surface area contributed by atoms with E-state index in [2.05, 4.69) is 11.9 Å². The number of rotatable bonds is 5. The molecule has 0 unspecified atom stereocenters. The maximum Gasteiger partial charge on any atom is 0.226 e. The number of hydrogen-bond acceptors (Lipinski definition) is 4. The van der Waals surface area contributed by atoms with E-state index in [4.69, 9.17) is 14.3 Å². The largest absolute Gasteiger partial charge is 0.665 e. The van der Waals surface area contributed by atoms with Gasteiger partial charge in [0, 0.05) is 51.1 Å². The van der Waals surface area contributed by atoms with Gasteiger partial charge in [0.15, 0.2) is 5.78 Å². The molecular weight excluding hydrogens is 467 g/mol. The Morgan fingerprint density at radius 3 is 2.06 bits per heavy atom. The van der Waals surface area contributed by atoms with Crippen LogP contribution in [0.4, 0.5) is 0 Å². The van der Waals surface area contributed by atoms with Gasteiger partial charge in [-0.2, -0.15) is 24.6 Å². The number of nitrogens with zero attached hydrogens (tertiary/aromatic N) is 1. The van der Waals surface area contributed by atoms with Crippen molar-refractivity contribution in [3.8, 4) is 11.5 Å². The Bertz CT molecular complexity index is 859. The molecule has 6 heteroatoms. The van der Waals surface area contributed by atoms with Crippen LogP contribution >= 0.6 is 0 Å². The molecule has 0 atom stereocenters. The topological polar surface area (TPSA) is 80.4 Å². The molecule has 5 nitrogen and oxygen atoms in total. The van der Waals surface area contributed by atoms with E-state index >= 15 is 0 Å². The van der Waals surface area contributed by atoms with Gasteiger partial charge in [-0.3, -0.25) is 4.79 Å². The van der Waals surface area contributed by atoms with E-state index in [0.717, 1.165) is 22.6 Å². The second-order valence-corrected chi connectivity index (χ2v) is 5.61. The maximum atomic E-state index is 12.2. The molecule has 0 bridgehead atoms. The third-order valence-corrected chi connectivity index (χ3v) is 3.77. The number of oxazole rings is 1. The molecule has 0 fully saturated rings. The molecule has 1 heterocycles. The van der Waals surface area contributed by atoms with Crippen molar-refractivity contribution in [1.82, 2.24) is 4.98 Å². The van der Waals surface area contributed by atoms with Crippen molar-refractivity contribution in [2.75, 3.05) is 0 Å². The molecule has 2 aromatic carbocycles. The Balaban J connectivity index is 0. The molecule has 0 saturated carbocycles. The SMILES string of the molecule is CC.CC.O=[C-]O.[CH2-]c1ccc(C(=O)CCc2oc(-c3ccccc3)nc2C)cc1.[Y]. The summed E-state index contributed by atoms with van der Waals surface area (Å²) in [5, 5.41) is 6.76. The van der Waals surface area contributed by atoms with E-state index in [-0.39, 0.29) is 38.5 Å². The van der Waals surface area contributed by atoms with Crippen molar-refractivity contribution in [2.24, 2.45) is 0 Å². The van der Waals surface area contributed by atoms with E-state index in [1.165, 1.54) is 0 Å². The van der Waals surface area contributed by atoms with Crippen LogP contribution < -0.4 is 0 Å². The second-order valence-electron chi connectivity index (χ2n) is 5.61. The van der Waals surface area contributed by atoms with Gasteiger partial charge >= 0.3 is 0 Å². The van der Waals surface area contributed by atoms with E-state index < -0.39 is 0 Å². The summed E-state index contributed by atoms with van der Waals surface area (Å²) in [5.74, 6) is 1.47. The molecule has 165 valence electrons. The molecule has 1 aromatic heterocycles. The third-order valence-electron chi connectivity index (χ3n) is 3.77. The summed E-state index contributed by atoms with van der Waals surface area (Å²) in [6.07, 6.45) is 0.956. The summed E-state index contributed by atoms with van der Waals surface area (Å²) >= 11 is 0. The fourth-order valence-electron chi connectivity index (χ4n) is 2.43. The summed E-state index contributed by atoms with van der Waals surface area (Å²) in [7, 11) is 0. The molecule has 0 aliphatic carbocycles. The van der Waals surface area contributed by atoms with Crippen LogP contribution in [0.2, 0.25) is 0 Å². The van der Waals surface area contributed by atoms with Crippen LogP contribution in [0.1, 0.15) is 61.5 Å². The van der Waals surface area contributed by atoms with Crippen molar-refractivity contribution < 1.29 is 51.8 Å². The zero-order chi connectivity index (χ0) is 22.9. The average Bonchev–Trinajstić information content (AvgIpc) is 3.17. The molecule has 0 aliphatic rings. The quantitative estimate of drug-likeness (QED) is 0.330. The van der Waals surface area contributed by atoms with Crippen LogP contribution in [0.25, 0.3) is 11.5 Å². The first kappa shape index (κ1) is 31.0. The number of hydrogen-bond donors (Lipinski definition) is 1. The van der Waals surface area contributed by atoms with Gasteiger partial charge in [-0.05, 0) is 24.6 Å². The van der Waals surface area contributed by atoms with Gasteiger partial charge in [0.1, 0.15) is 5.76 Å². The molecule has 3 rings (SSSR count). The number of Topliss-reactive ketones (excluding diaryl/α,β-unsaturated/α-hetero) is 1. The smallest absolute Gasteiger partial charge is 0.226 e. The Morgan fingerprint density at radius 2 is 1.55 bits per heavy atom. The van der Waals surface area contributed by atoms with Crippen molar-refractivity contribution in [2.45, 2.75) is 47.5 Å². The normalized spacial score (nSPS) is 8.68.